The van der Waals surface area contributed by atoms with Crippen molar-refractivity contribution in [2.75, 3.05) is 13.0 Å². The maximum Gasteiger partial charge on any atom is 0.233 e. The minimum atomic E-state index is -3.22. The predicted molar refractivity (Wildman–Crippen MR) is 101 cm³/mol. The van der Waals surface area contributed by atoms with Crippen LogP contribution in [0.2, 0.25) is 0 Å². The molecular formula is C18H21O5PS. The minimum Gasteiger partial charge on any atom is -0.507 e. The Morgan fingerprint density at radius 1 is 1.20 bits per heavy atom. The van der Waals surface area contributed by atoms with Crippen molar-refractivity contribution < 1.29 is 24.1 Å². The van der Waals surface area contributed by atoms with Crippen molar-refractivity contribution in [2.45, 2.75) is 25.2 Å². The molecule has 0 aliphatic carbocycles. The number of aromatic hydroxyl groups is 1. The second-order valence-electron chi connectivity index (χ2n) is 6.05. The Labute approximate surface area is 151 Å². The van der Waals surface area contributed by atoms with Crippen LogP contribution in [0.4, 0.5) is 0 Å². The fraction of sp³-hybridized carbons (Fsp3) is 0.278. The monoisotopic (exact) mass is 380 g/mol. The van der Waals surface area contributed by atoms with E-state index in [-0.39, 0.29) is 12.1 Å². The zero-order chi connectivity index (χ0) is 18.6. The molecule has 2 aromatic carbocycles. The van der Waals surface area contributed by atoms with Crippen molar-refractivity contribution in [3.8, 4) is 11.5 Å². The van der Waals surface area contributed by atoms with Crippen LogP contribution >= 0.6 is 19.1 Å². The zero-order valence-electron chi connectivity index (χ0n) is 14.4. The molecule has 0 fully saturated rings. The highest BCUT2D eigenvalue weighted by Crippen LogP contribution is 2.36. The van der Waals surface area contributed by atoms with Gasteiger partial charge < -0.3 is 14.7 Å². The van der Waals surface area contributed by atoms with Gasteiger partial charge in [-0.25, -0.2) is 0 Å². The third kappa shape index (κ3) is 5.63. The molecule has 0 saturated heterocycles. The van der Waals surface area contributed by atoms with Gasteiger partial charge in [-0.2, -0.15) is 0 Å². The van der Waals surface area contributed by atoms with Gasteiger partial charge in [0.15, 0.2) is 12.0 Å². The molecule has 0 heterocycles. The van der Waals surface area contributed by atoms with Crippen LogP contribution in [0.3, 0.4) is 0 Å². The first kappa shape index (κ1) is 19.6. The van der Waals surface area contributed by atoms with E-state index in [2.05, 4.69) is 0 Å². The number of carbonyl (C=O) groups is 1. The highest BCUT2D eigenvalue weighted by atomic mass is 32.2. The highest BCUT2D eigenvalue weighted by Gasteiger charge is 2.13. The number of rotatable bonds is 7. The Morgan fingerprint density at radius 2 is 1.84 bits per heavy atom. The van der Waals surface area contributed by atoms with Gasteiger partial charge in [0.2, 0.25) is 7.37 Å². The third-order valence-electron chi connectivity index (χ3n) is 3.72. The van der Waals surface area contributed by atoms with E-state index in [9.17, 15) is 19.4 Å². The number of aryl methyl sites for hydroxylation is 2. The molecule has 7 heteroatoms. The third-order valence-corrected chi connectivity index (χ3v) is 5.01. The number of ether oxygens (including phenoxy) is 1. The Bertz CT molecular complexity index is 805. The van der Waals surface area contributed by atoms with Crippen molar-refractivity contribution in [3.05, 3.63) is 52.6 Å². The average molecular weight is 380 g/mol. The Morgan fingerprint density at radius 3 is 2.40 bits per heavy atom. The summed E-state index contributed by atoms with van der Waals surface area (Å²) < 4.78 is 16.8. The Hall–Kier alpha value is -1.75. The van der Waals surface area contributed by atoms with Crippen LogP contribution in [-0.4, -0.2) is 28.6 Å². The van der Waals surface area contributed by atoms with E-state index in [0.29, 0.717) is 22.7 Å². The second kappa shape index (κ2) is 8.09. The number of benzene rings is 2. The topological polar surface area (TPSA) is 83.8 Å². The lowest BCUT2D eigenvalue weighted by molar-refractivity contribution is 0.352. The van der Waals surface area contributed by atoms with E-state index < -0.39 is 7.37 Å². The lowest BCUT2D eigenvalue weighted by atomic mass is 9.96. The molecule has 0 saturated carbocycles. The summed E-state index contributed by atoms with van der Waals surface area (Å²) in [6, 6.07) is 8.91. The summed E-state index contributed by atoms with van der Waals surface area (Å²) in [5, 5.41) is 9.76. The van der Waals surface area contributed by atoms with Crippen LogP contribution < -0.4 is 4.74 Å². The molecule has 0 spiro atoms. The summed E-state index contributed by atoms with van der Waals surface area (Å²) >= 11 is 0.946. The van der Waals surface area contributed by atoms with Crippen molar-refractivity contribution in [1.29, 1.82) is 0 Å². The van der Waals surface area contributed by atoms with Gasteiger partial charge in [-0.1, -0.05) is 17.8 Å². The minimum absolute atomic E-state index is 0.0889. The lowest BCUT2D eigenvalue weighted by Crippen LogP contribution is -2.01. The SMILES string of the molecule is Cc1cc(OCP(C)(=O)O)cc(C)c1Cc1ccc(O)c(SC=O)c1. The standard InChI is InChI=1S/C18H21O5PS/c1-12-6-15(23-11-24(3,21)22)7-13(2)16(12)8-14-4-5-17(20)18(9-14)25-10-19/h4-7,9-10,20H,8,11H2,1-3H3,(H,21,22). The van der Waals surface area contributed by atoms with E-state index in [4.69, 9.17) is 4.74 Å². The van der Waals surface area contributed by atoms with Crippen molar-refractivity contribution in [2.24, 2.45) is 0 Å². The van der Waals surface area contributed by atoms with Gasteiger partial charge in [0, 0.05) is 6.66 Å². The Balaban J connectivity index is 2.24. The summed E-state index contributed by atoms with van der Waals surface area (Å²) in [6.45, 7) is 5.18. The molecule has 1 atom stereocenters. The lowest BCUT2D eigenvalue weighted by Gasteiger charge is -2.15. The molecule has 0 amide bonds. The summed E-state index contributed by atoms with van der Waals surface area (Å²) in [7, 11) is -3.22. The van der Waals surface area contributed by atoms with Crippen molar-refractivity contribution in [1.82, 2.24) is 0 Å². The fourth-order valence-corrected chi connectivity index (χ4v) is 3.43. The maximum absolute atomic E-state index is 11.4. The number of hydrogen-bond donors (Lipinski definition) is 2. The molecule has 1 unspecified atom stereocenters. The molecule has 0 aliphatic heterocycles. The largest absolute Gasteiger partial charge is 0.507 e. The number of hydrogen-bond acceptors (Lipinski definition) is 5. The van der Waals surface area contributed by atoms with E-state index in [1.54, 1.807) is 12.1 Å². The van der Waals surface area contributed by atoms with Crippen LogP contribution in [0.1, 0.15) is 22.3 Å². The normalized spacial score (nSPS) is 13.3. The molecule has 0 radical (unpaired) electrons. The zero-order valence-corrected chi connectivity index (χ0v) is 16.1. The number of phenols is 1. The Kier molecular flexibility index (Phi) is 6.33. The van der Waals surface area contributed by atoms with E-state index in [1.807, 2.05) is 32.0 Å². The molecule has 25 heavy (non-hydrogen) atoms. The number of carbonyl (C=O) groups excluding carboxylic acids is 1. The van der Waals surface area contributed by atoms with Gasteiger partial charge in [-0.3, -0.25) is 9.36 Å². The van der Waals surface area contributed by atoms with Gasteiger partial charge in [-0.05, 0) is 66.8 Å². The molecule has 2 N–H and O–H groups in total. The number of phenolic OH excluding ortho intramolecular Hbond substituents is 1. The van der Waals surface area contributed by atoms with E-state index in [0.717, 1.165) is 34.0 Å². The van der Waals surface area contributed by atoms with Crippen molar-refractivity contribution >= 4 is 24.7 Å². The molecule has 134 valence electrons. The molecule has 2 rings (SSSR count). The quantitative estimate of drug-likeness (QED) is 0.427. The maximum atomic E-state index is 11.4. The van der Waals surface area contributed by atoms with Gasteiger partial charge in [-0.15, -0.1) is 0 Å². The first-order valence-corrected chi connectivity index (χ1v) is 10.8. The summed E-state index contributed by atoms with van der Waals surface area (Å²) in [5.74, 6) is 0.656. The van der Waals surface area contributed by atoms with Crippen LogP contribution in [-0.2, 0) is 15.8 Å². The smallest absolute Gasteiger partial charge is 0.233 e. The van der Waals surface area contributed by atoms with Crippen LogP contribution in [0.5, 0.6) is 11.5 Å². The van der Waals surface area contributed by atoms with E-state index >= 15 is 0 Å². The van der Waals surface area contributed by atoms with Gasteiger partial charge >= 0.3 is 0 Å². The highest BCUT2D eigenvalue weighted by molar-refractivity contribution is 8.12. The first-order chi connectivity index (χ1) is 11.7. The van der Waals surface area contributed by atoms with Gasteiger partial charge in [0.1, 0.15) is 11.5 Å². The molecular weight excluding hydrogens is 359 g/mol. The molecule has 0 aliphatic rings. The average Bonchev–Trinajstić information content (AvgIpc) is 2.51. The molecule has 0 aromatic heterocycles. The molecule has 5 nitrogen and oxygen atoms in total. The van der Waals surface area contributed by atoms with Gasteiger partial charge in [0.25, 0.3) is 0 Å². The van der Waals surface area contributed by atoms with Crippen LogP contribution in [0.25, 0.3) is 0 Å². The molecule has 2 aromatic rings. The van der Waals surface area contributed by atoms with Crippen LogP contribution in [0, 0.1) is 13.8 Å². The molecule has 0 bridgehead atoms. The summed E-state index contributed by atoms with van der Waals surface area (Å²) in [6.07, 6.45) is 0.437. The summed E-state index contributed by atoms with van der Waals surface area (Å²) in [5.41, 5.74) is 4.81. The first-order valence-electron chi connectivity index (χ1n) is 7.64. The van der Waals surface area contributed by atoms with Gasteiger partial charge in [0.05, 0.1) is 4.90 Å². The van der Waals surface area contributed by atoms with E-state index in [1.165, 1.54) is 6.66 Å². The number of thioether (sulfide) groups is 1. The predicted octanol–water partition coefficient (Wildman–Crippen LogP) is 4.12. The van der Waals surface area contributed by atoms with Crippen molar-refractivity contribution in [3.63, 3.8) is 0 Å². The summed E-state index contributed by atoms with van der Waals surface area (Å²) in [4.78, 5) is 20.5. The fourth-order valence-electron chi connectivity index (χ4n) is 2.53. The second-order valence-corrected chi connectivity index (χ2v) is 9.28. The van der Waals surface area contributed by atoms with Crippen LogP contribution in [0.15, 0.2) is 35.2 Å².